The Kier molecular flexibility index (Phi) is 8.24. The van der Waals surface area contributed by atoms with Crippen molar-refractivity contribution in [2.45, 2.75) is 24.6 Å². The van der Waals surface area contributed by atoms with Crippen LogP contribution in [-0.4, -0.2) is 47.2 Å². The Labute approximate surface area is 148 Å². The summed E-state index contributed by atoms with van der Waals surface area (Å²) in [5.41, 5.74) is 0.927. The molecule has 0 aliphatic carbocycles. The monoisotopic (exact) mass is 350 g/mol. The average molecular weight is 351 g/mol. The first-order chi connectivity index (χ1) is 10.9. The van der Waals surface area contributed by atoms with Crippen molar-refractivity contribution in [2.75, 3.05) is 27.2 Å². The van der Waals surface area contributed by atoms with E-state index in [0.717, 1.165) is 5.56 Å². The van der Waals surface area contributed by atoms with Gasteiger partial charge in [-0.15, -0.1) is 0 Å². The van der Waals surface area contributed by atoms with E-state index < -0.39 is 4.87 Å². The lowest BCUT2D eigenvalue weighted by atomic mass is 10.2. The number of rotatable bonds is 8. The van der Waals surface area contributed by atoms with E-state index in [1.54, 1.807) is 0 Å². The first kappa shape index (κ1) is 19.6. The number of ether oxygens (including phenoxy) is 1. The lowest BCUT2D eigenvalue weighted by Gasteiger charge is -2.17. The maximum Gasteiger partial charge on any atom is 0.306 e. The van der Waals surface area contributed by atoms with Gasteiger partial charge in [0.05, 0.1) is 10.6 Å². The number of carbonyl (C=O) groups excluding carboxylic acids is 1. The average Bonchev–Trinajstić information content (AvgIpc) is 2.53. The summed E-state index contributed by atoms with van der Waals surface area (Å²) in [4.78, 5) is 16.6. The van der Waals surface area contributed by atoms with Crippen LogP contribution >= 0.6 is 24.0 Å². The van der Waals surface area contributed by atoms with Crippen molar-refractivity contribution in [3.05, 3.63) is 47.3 Å². The van der Waals surface area contributed by atoms with E-state index in [-0.39, 0.29) is 12.4 Å². The minimum atomic E-state index is -0.756. The van der Waals surface area contributed by atoms with Crippen LogP contribution < -0.4 is 0 Å². The Bertz CT molecular complexity index is 570. The molecular weight excluding hydrogens is 328 g/mol. The van der Waals surface area contributed by atoms with Crippen LogP contribution in [0.5, 0.6) is 0 Å². The van der Waals surface area contributed by atoms with Gasteiger partial charge in [-0.3, -0.25) is 9.64 Å². The van der Waals surface area contributed by atoms with Crippen molar-refractivity contribution in [3.63, 3.8) is 0 Å². The summed E-state index contributed by atoms with van der Waals surface area (Å²) in [6, 6.07) is 9.61. The van der Waals surface area contributed by atoms with Gasteiger partial charge in [0, 0.05) is 19.9 Å². The maximum absolute atomic E-state index is 11.8. The summed E-state index contributed by atoms with van der Waals surface area (Å²) in [5.74, 6) is -0.270. The lowest BCUT2D eigenvalue weighted by molar-refractivity contribution is -0.144. The molecule has 0 aliphatic rings. The van der Waals surface area contributed by atoms with E-state index in [9.17, 15) is 4.79 Å². The highest BCUT2D eigenvalue weighted by molar-refractivity contribution is 8.24. The van der Waals surface area contributed by atoms with Crippen LogP contribution in [0.4, 0.5) is 0 Å². The molecule has 0 radical (unpaired) electrons. The first-order valence-electron chi connectivity index (χ1n) is 7.33. The first-order valence-corrected chi connectivity index (χ1v) is 8.56. The second-order valence-electron chi connectivity index (χ2n) is 5.57. The molecule has 1 rings (SSSR count). The Balaban J connectivity index is 2.49. The van der Waals surface area contributed by atoms with Crippen LogP contribution in [0.15, 0.2) is 30.3 Å². The number of hydrogen-bond acceptors (Lipinski definition) is 5. The van der Waals surface area contributed by atoms with Crippen LogP contribution in [0.3, 0.4) is 0 Å². The number of benzene rings is 1. The normalized spacial score (nSPS) is 13.2. The van der Waals surface area contributed by atoms with Crippen molar-refractivity contribution in [1.82, 2.24) is 4.90 Å². The van der Waals surface area contributed by atoms with Gasteiger partial charge in [-0.1, -0.05) is 42.5 Å². The molecule has 0 heterocycles. The van der Waals surface area contributed by atoms with E-state index in [0.29, 0.717) is 23.8 Å². The third-order valence-electron chi connectivity index (χ3n) is 3.15. The third-order valence-corrected chi connectivity index (χ3v) is 4.80. The summed E-state index contributed by atoms with van der Waals surface area (Å²) in [6.45, 7) is 10.3. The van der Waals surface area contributed by atoms with Crippen molar-refractivity contribution < 1.29 is 9.53 Å². The molecule has 0 saturated heterocycles. The molecule has 1 unspecified atom stereocenters. The van der Waals surface area contributed by atoms with Crippen molar-refractivity contribution >= 4 is 34.1 Å². The Hall–Kier alpha value is -1.42. The fraction of sp³-hybridized carbons (Fsp3) is 0.471. The van der Waals surface area contributed by atoms with Crippen LogP contribution in [0, 0.1) is 6.57 Å². The molecule has 1 atom stereocenters. The van der Waals surface area contributed by atoms with Crippen molar-refractivity contribution in [3.8, 4) is 0 Å². The minimum Gasteiger partial charge on any atom is -0.464 e. The number of esters is 1. The lowest BCUT2D eigenvalue weighted by Crippen LogP contribution is -2.22. The molecule has 0 amide bonds. The summed E-state index contributed by atoms with van der Waals surface area (Å²) >= 11 is 6.74. The molecule has 0 saturated carbocycles. The van der Waals surface area contributed by atoms with Gasteiger partial charge in [0.15, 0.2) is 0 Å². The molecular formula is C17H22N2O2S2. The summed E-state index contributed by atoms with van der Waals surface area (Å²) in [6.07, 6.45) is 0.631. The van der Waals surface area contributed by atoms with E-state index in [2.05, 4.69) is 4.85 Å². The van der Waals surface area contributed by atoms with Crippen molar-refractivity contribution in [2.24, 2.45) is 0 Å². The van der Waals surface area contributed by atoms with Crippen molar-refractivity contribution in [1.29, 1.82) is 0 Å². The van der Waals surface area contributed by atoms with Crippen LogP contribution in [0.2, 0.25) is 0 Å². The Morgan fingerprint density at radius 1 is 1.39 bits per heavy atom. The molecule has 0 spiro atoms. The minimum absolute atomic E-state index is 0.219. The number of thioether (sulfide) groups is 1. The largest absolute Gasteiger partial charge is 0.464 e. The van der Waals surface area contributed by atoms with Gasteiger partial charge in [-0.25, -0.2) is 6.57 Å². The highest BCUT2D eigenvalue weighted by Gasteiger charge is 2.34. The second kappa shape index (κ2) is 9.66. The molecule has 0 fully saturated rings. The standard InChI is InChI=1S/C17H22N2O2S2/c1-17(18-2,11-10-15(20)21-13-12-19(3)4)23-16(22)14-8-6-5-7-9-14/h5-9H,10-13H2,1,3-4H3. The smallest absolute Gasteiger partial charge is 0.306 e. The number of likely N-dealkylation sites (N-methyl/N-ethyl adjacent to an activating group) is 1. The molecule has 1 aromatic rings. The maximum atomic E-state index is 11.8. The molecule has 1 aromatic carbocycles. The van der Waals surface area contributed by atoms with Gasteiger partial charge in [-0.2, -0.15) is 0 Å². The summed E-state index contributed by atoms with van der Waals surface area (Å²) < 4.78 is 5.83. The number of nitrogens with zero attached hydrogens (tertiary/aromatic N) is 2. The Morgan fingerprint density at radius 3 is 2.61 bits per heavy atom. The zero-order valence-corrected chi connectivity index (χ0v) is 15.4. The highest BCUT2D eigenvalue weighted by atomic mass is 32.2. The number of carbonyl (C=O) groups is 1. The fourth-order valence-electron chi connectivity index (χ4n) is 1.71. The zero-order chi connectivity index (χ0) is 17.3. The van der Waals surface area contributed by atoms with Gasteiger partial charge < -0.3 is 9.64 Å². The van der Waals surface area contributed by atoms with Gasteiger partial charge in [-0.05, 0) is 31.4 Å². The van der Waals surface area contributed by atoms with Gasteiger partial charge >= 0.3 is 5.97 Å². The Morgan fingerprint density at radius 2 is 2.04 bits per heavy atom. The van der Waals surface area contributed by atoms with Crippen LogP contribution in [0.1, 0.15) is 25.3 Å². The topological polar surface area (TPSA) is 33.9 Å². The zero-order valence-electron chi connectivity index (χ0n) is 13.7. The third kappa shape index (κ3) is 7.60. The second-order valence-corrected chi connectivity index (χ2v) is 7.72. The molecule has 124 valence electrons. The quantitative estimate of drug-likeness (QED) is 0.406. The molecule has 0 bridgehead atoms. The molecule has 0 aromatic heterocycles. The molecule has 4 nitrogen and oxygen atoms in total. The molecule has 0 N–H and O–H groups in total. The molecule has 23 heavy (non-hydrogen) atoms. The van der Waals surface area contributed by atoms with Crippen LogP contribution in [0.25, 0.3) is 4.85 Å². The van der Waals surface area contributed by atoms with E-state index >= 15 is 0 Å². The van der Waals surface area contributed by atoms with E-state index in [1.807, 2.05) is 56.3 Å². The predicted molar refractivity (Wildman–Crippen MR) is 99.5 cm³/mol. The number of thiocarbonyl (C=S) groups is 1. The van der Waals surface area contributed by atoms with Crippen LogP contribution in [-0.2, 0) is 9.53 Å². The fourth-order valence-corrected chi connectivity index (χ4v) is 3.29. The van der Waals surface area contributed by atoms with Gasteiger partial charge in [0.1, 0.15) is 6.61 Å². The molecule has 6 heteroatoms. The SMILES string of the molecule is [C-]#[N+]C(C)(CCC(=O)OCCN(C)C)SC(=S)c1ccccc1. The number of hydrogen-bond donors (Lipinski definition) is 0. The van der Waals surface area contributed by atoms with Gasteiger partial charge in [0.2, 0.25) is 0 Å². The summed E-state index contributed by atoms with van der Waals surface area (Å²) in [5, 5.41) is 0. The predicted octanol–water partition coefficient (Wildman–Crippen LogP) is 3.62. The summed E-state index contributed by atoms with van der Waals surface area (Å²) in [7, 11) is 3.84. The highest BCUT2D eigenvalue weighted by Crippen LogP contribution is 2.35. The van der Waals surface area contributed by atoms with Gasteiger partial charge in [0.25, 0.3) is 4.87 Å². The van der Waals surface area contributed by atoms with E-state index in [1.165, 1.54) is 11.8 Å². The van der Waals surface area contributed by atoms with E-state index in [4.69, 9.17) is 23.5 Å². The molecule has 0 aliphatic heterocycles.